The molecule has 1 rings (SSSR count). The monoisotopic (exact) mass is 184 g/mol. The van der Waals surface area contributed by atoms with Gasteiger partial charge in [0, 0.05) is 13.2 Å². The summed E-state index contributed by atoms with van der Waals surface area (Å²) in [5.41, 5.74) is 0.443. The van der Waals surface area contributed by atoms with Gasteiger partial charge in [0.15, 0.2) is 0 Å². The number of carbonyl (C=O) groups excluding carboxylic acids is 1. The van der Waals surface area contributed by atoms with E-state index in [1.807, 2.05) is 0 Å². The Morgan fingerprint density at radius 3 is 3.08 bits per heavy atom. The molecule has 1 heterocycles. The van der Waals surface area contributed by atoms with Crippen LogP contribution in [-0.2, 0) is 0 Å². The van der Waals surface area contributed by atoms with E-state index in [0.29, 0.717) is 24.3 Å². The van der Waals surface area contributed by atoms with Gasteiger partial charge in [0.2, 0.25) is 0 Å². The molecule has 13 heavy (non-hydrogen) atoms. The molecule has 1 aromatic heterocycles. The average molecular weight is 184 g/mol. The van der Waals surface area contributed by atoms with Crippen molar-refractivity contribution in [2.24, 2.45) is 0 Å². The molecule has 5 heteroatoms. The fourth-order valence-electron chi connectivity index (χ4n) is 0.893. The number of amides is 1. The average Bonchev–Trinajstić information content (AvgIpc) is 2.52. The minimum Gasteiger partial charge on any atom is -0.396 e. The van der Waals surface area contributed by atoms with Crippen LogP contribution in [0.4, 0.5) is 0 Å². The maximum atomic E-state index is 11.3. The summed E-state index contributed by atoms with van der Waals surface area (Å²) in [7, 11) is 0. The molecule has 0 saturated heterocycles. The van der Waals surface area contributed by atoms with Crippen molar-refractivity contribution < 1.29 is 14.4 Å². The number of aliphatic hydroxyl groups is 1. The van der Waals surface area contributed by atoms with Gasteiger partial charge in [0.05, 0.1) is 6.20 Å². The number of hydrogen-bond donors (Lipinski definition) is 2. The van der Waals surface area contributed by atoms with Crippen LogP contribution in [0.25, 0.3) is 0 Å². The second kappa shape index (κ2) is 4.61. The zero-order valence-electron chi connectivity index (χ0n) is 7.41. The highest BCUT2D eigenvalue weighted by atomic mass is 16.5. The first-order valence-corrected chi connectivity index (χ1v) is 4.06. The number of rotatable bonds is 4. The number of nitrogens with one attached hydrogen (secondary N) is 1. The zero-order chi connectivity index (χ0) is 9.68. The number of aryl methyl sites for hydroxylation is 1. The van der Waals surface area contributed by atoms with Gasteiger partial charge >= 0.3 is 0 Å². The highest BCUT2D eigenvalue weighted by molar-refractivity contribution is 5.94. The number of nitrogens with zero attached hydrogens (tertiary/aromatic N) is 1. The first-order chi connectivity index (χ1) is 6.25. The van der Waals surface area contributed by atoms with Gasteiger partial charge in [-0.2, -0.15) is 0 Å². The molecule has 1 amide bonds. The molecular formula is C8H12N2O3. The third-order valence-electron chi connectivity index (χ3n) is 1.62. The zero-order valence-corrected chi connectivity index (χ0v) is 7.41. The van der Waals surface area contributed by atoms with Crippen molar-refractivity contribution in [2.45, 2.75) is 13.3 Å². The van der Waals surface area contributed by atoms with Gasteiger partial charge in [-0.25, -0.2) is 0 Å². The van der Waals surface area contributed by atoms with E-state index in [9.17, 15) is 4.79 Å². The third kappa shape index (κ3) is 2.55. The largest absolute Gasteiger partial charge is 0.396 e. The predicted octanol–water partition coefficient (Wildman–Crippen LogP) is 0.0952. The Bertz CT molecular complexity index is 283. The predicted molar refractivity (Wildman–Crippen MR) is 45.3 cm³/mol. The molecular weight excluding hydrogens is 172 g/mol. The van der Waals surface area contributed by atoms with Crippen molar-refractivity contribution >= 4 is 5.91 Å². The van der Waals surface area contributed by atoms with Crippen molar-refractivity contribution in [1.29, 1.82) is 0 Å². The van der Waals surface area contributed by atoms with Crippen LogP contribution >= 0.6 is 0 Å². The first-order valence-electron chi connectivity index (χ1n) is 4.06. The molecule has 0 bridgehead atoms. The Hall–Kier alpha value is -1.36. The molecule has 0 radical (unpaired) electrons. The van der Waals surface area contributed by atoms with Crippen LogP contribution < -0.4 is 5.32 Å². The maximum Gasteiger partial charge on any atom is 0.256 e. The quantitative estimate of drug-likeness (QED) is 0.650. The highest BCUT2D eigenvalue weighted by Crippen LogP contribution is 2.04. The highest BCUT2D eigenvalue weighted by Gasteiger charge is 2.11. The molecule has 0 aliphatic carbocycles. The minimum absolute atomic E-state index is 0.0723. The molecule has 0 aromatic carbocycles. The minimum atomic E-state index is -0.216. The Kier molecular flexibility index (Phi) is 3.45. The SMILES string of the molecule is Cc1oncc1C(=O)NCCCO. The van der Waals surface area contributed by atoms with Crippen molar-refractivity contribution in [3.05, 3.63) is 17.5 Å². The van der Waals surface area contributed by atoms with E-state index in [2.05, 4.69) is 10.5 Å². The van der Waals surface area contributed by atoms with Gasteiger partial charge in [0.25, 0.3) is 5.91 Å². The molecule has 0 fully saturated rings. The summed E-state index contributed by atoms with van der Waals surface area (Å²) in [5.74, 6) is 0.286. The fraction of sp³-hybridized carbons (Fsp3) is 0.500. The number of carbonyl (C=O) groups is 1. The molecule has 5 nitrogen and oxygen atoms in total. The molecule has 1 aromatic rings. The molecule has 0 saturated carbocycles. The number of aromatic nitrogens is 1. The fourth-order valence-corrected chi connectivity index (χ4v) is 0.893. The van der Waals surface area contributed by atoms with Gasteiger partial charge < -0.3 is 14.9 Å². The molecule has 0 aliphatic rings. The Morgan fingerprint density at radius 1 is 1.77 bits per heavy atom. The molecule has 72 valence electrons. The standard InChI is InChI=1S/C8H12N2O3/c1-6-7(5-10-13-6)8(12)9-3-2-4-11/h5,11H,2-4H2,1H3,(H,9,12). The van der Waals surface area contributed by atoms with Gasteiger partial charge in [-0.3, -0.25) is 4.79 Å². The van der Waals surface area contributed by atoms with Crippen LogP contribution in [0.2, 0.25) is 0 Å². The van der Waals surface area contributed by atoms with E-state index >= 15 is 0 Å². The van der Waals surface area contributed by atoms with Crippen LogP contribution in [-0.4, -0.2) is 29.3 Å². The number of hydrogen-bond acceptors (Lipinski definition) is 4. The van der Waals surface area contributed by atoms with Crippen molar-refractivity contribution in [2.75, 3.05) is 13.2 Å². The van der Waals surface area contributed by atoms with E-state index in [-0.39, 0.29) is 12.5 Å². The summed E-state index contributed by atoms with van der Waals surface area (Å²) in [6, 6.07) is 0. The smallest absolute Gasteiger partial charge is 0.256 e. The second-order valence-electron chi connectivity index (χ2n) is 2.63. The van der Waals surface area contributed by atoms with Crippen LogP contribution in [0.5, 0.6) is 0 Å². The van der Waals surface area contributed by atoms with Crippen molar-refractivity contribution in [1.82, 2.24) is 10.5 Å². The molecule has 2 N–H and O–H groups in total. The van der Waals surface area contributed by atoms with Crippen molar-refractivity contribution in [3.8, 4) is 0 Å². The third-order valence-corrected chi connectivity index (χ3v) is 1.62. The Balaban J connectivity index is 2.45. The molecule has 0 atom stereocenters. The van der Waals surface area contributed by atoms with E-state index in [1.54, 1.807) is 6.92 Å². The van der Waals surface area contributed by atoms with E-state index in [0.717, 1.165) is 0 Å². The lowest BCUT2D eigenvalue weighted by Crippen LogP contribution is -2.25. The summed E-state index contributed by atoms with van der Waals surface area (Å²) in [5, 5.41) is 14.6. The molecule has 0 unspecified atom stereocenters. The summed E-state index contributed by atoms with van der Waals surface area (Å²) < 4.78 is 4.73. The van der Waals surface area contributed by atoms with Gasteiger partial charge in [-0.15, -0.1) is 0 Å². The van der Waals surface area contributed by atoms with Gasteiger partial charge in [0.1, 0.15) is 11.3 Å². The Labute approximate surface area is 75.7 Å². The van der Waals surface area contributed by atoms with Crippen molar-refractivity contribution in [3.63, 3.8) is 0 Å². The maximum absolute atomic E-state index is 11.3. The topological polar surface area (TPSA) is 75.4 Å². The first kappa shape index (κ1) is 9.73. The van der Waals surface area contributed by atoms with E-state index in [1.165, 1.54) is 6.20 Å². The van der Waals surface area contributed by atoms with Crippen LogP contribution in [0.3, 0.4) is 0 Å². The second-order valence-corrected chi connectivity index (χ2v) is 2.63. The lowest BCUT2D eigenvalue weighted by Gasteiger charge is -2.00. The summed E-state index contributed by atoms with van der Waals surface area (Å²) in [6.45, 7) is 2.21. The summed E-state index contributed by atoms with van der Waals surface area (Å²) >= 11 is 0. The lowest BCUT2D eigenvalue weighted by atomic mass is 10.2. The normalized spacial score (nSPS) is 10.0. The molecule has 0 spiro atoms. The van der Waals surface area contributed by atoms with Crippen LogP contribution in [0.1, 0.15) is 22.5 Å². The lowest BCUT2D eigenvalue weighted by molar-refractivity contribution is 0.0949. The summed E-state index contributed by atoms with van der Waals surface area (Å²) in [6.07, 6.45) is 1.93. The summed E-state index contributed by atoms with van der Waals surface area (Å²) in [4.78, 5) is 11.3. The van der Waals surface area contributed by atoms with E-state index < -0.39 is 0 Å². The molecule has 0 aliphatic heterocycles. The van der Waals surface area contributed by atoms with Crippen LogP contribution in [0, 0.1) is 6.92 Å². The van der Waals surface area contributed by atoms with Crippen LogP contribution in [0.15, 0.2) is 10.7 Å². The van der Waals surface area contributed by atoms with Gasteiger partial charge in [-0.05, 0) is 13.3 Å². The number of aliphatic hydroxyl groups excluding tert-OH is 1. The van der Waals surface area contributed by atoms with Gasteiger partial charge in [-0.1, -0.05) is 5.16 Å². The Morgan fingerprint density at radius 2 is 2.54 bits per heavy atom. The van der Waals surface area contributed by atoms with E-state index in [4.69, 9.17) is 9.63 Å².